The van der Waals surface area contributed by atoms with Crippen LogP contribution in [0.2, 0.25) is 0 Å². The van der Waals surface area contributed by atoms with E-state index >= 15 is 0 Å². The Balaban J connectivity index is 2.42. The summed E-state index contributed by atoms with van der Waals surface area (Å²) in [5.74, 6) is 1.61. The molecule has 0 aromatic carbocycles. The van der Waals surface area contributed by atoms with Gasteiger partial charge in [-0.25, -0.2) is 4.98 Å². The summed E-state index contributed by atoms with van der Waals surface area (Å²) in [4.78, 5) is 8.63. The van der Waals surface area contributed by atoms with Gasteiger partial charge in [0.2, 0.25) is 5.95 Å². The highest BCUT2D eigenvalue weighted by Gasteiger charge is 2.01. The minimum absolute atomic E-state index is 0.442. The maximum absolute atomic E-state index is 4.42. The summed E-state index contributed by atoms with van der Waals surface area (Å²) >= 11 is 0. The summed E-state index contributed by atoms with van der Waals surface area (Å²) < 4.78 is 0. The first kappa shape index (κ1) is 13.7. The molecule has 1 atom stereocenters. The Morgan fingerprint density at radius 1 is 1.29 bits per heavy atom. The monoisotopic (exact) mass is 236 g/mol. The zero-order chi connectivity index (χ0) is 12.5. The van der Waals surface area contributed by atoms with Crippen molar-refractivity contribution in [1.29, 1.82) is 0 Å². The van der Waals surface area contributed by atoms with Gasteiger partial charge in [-0.1, -0.05) is 26.7 Å². The third kappa shape index (κ3) is 5.52. The molecule has 0 radical (unpaired) electrons. The predicted molar refractivity (Wildman–Crippen MR) is 73.4 cm³/mol. The molecule has 1 aromatic heterocycles. The van der Waals surface area contributed by atoms with E-state index in [1.54, 1.807) is 6.20 Å². The number of nitrogens with zero attached hydrogens (tertiary/aromatic N) is 2. The van der Waals surface area contributed by atoms with E-state index in [1.807, 2.05) is 6.07 Å². The van der Waals surface area contributed by atoms with E-state index in [2.05, 4.69) is 41.4 Å². The van der Waals surface area contributed by atoms with Gasteiger partial charge in [0, 0.05) is 18.8 Å². The second-order valence-electron chi connectivity index (χ2n) is 4.35. The molecule has 4 heteroatoms. The Morgan fingerprint density at radius 2 is 2.12 bits per heavy atom. The van der Waals surface area contributed by atoms with E-state index < -0.39 is 0 Å². The number of hydrogen-bond acceptors (Lipinski definition) is 4. The fourth-order valence-electron chi connectivity index (χ4n) is 1.45. The van der Waals surface area contributed by atoms with Gasteiger partial charge in [0.25, 0.3) is 0 Å². The van der Waals surface area contributed by atoms with Crippen LogP contribution >= 0.6 is 0 Å². The second kappa shape index (κ2) is 7.87. The van der Waals surface area contributed by atoms with Crippen LogP contribution in [0.5, 0.6) is 0 Å². The van der Waals surface area contributed by atoms with E-state index in [4.69, 9.17) is 0 Å². The Hall–Kier alpha value is -1.32. The predicted octanol–water partition coefficient (Wildman–Crippen LogP) is 3.29. The van der Waals surface area contributed by atoms with Crippen LogP contribution in [0, 0.1) is 0 Å². The zero-order valence-corrected chi connectivity index (χ0v) is 11.2. The lowest BCUT2D eigenvalue weighted by atomic mass is 10.2. The minimum atomic E-state index is 0.442. The topological polar surface area (TPSA) is 49.8 Å². The summed E-state index contributed by atoms with van der Waals surface area (Å²) in [6, 6.07) is 2.35. The van der Waals surface area contributed by atoms with Crippen LogP contribution < -0.4 is 10.6 Å². The number of unbranched alkanes of at least 4 members (excludes halogenated alkanes) is 2. The van der Waals surface area contributed by atoms with Crippen molar-refractivity contribution in [2.45, 2.75) is 52.5 Å². The molecule has 1 unspecified atom stereocenters. The lowest BCUT2D eigenvalue weighted by Gasteiger charge is -2.12. The van der Waals surface area contributed by atoms with E-state index in [0.717, 1.165) is 24.7 Å². The smallest absolute Gasteiger partial charge is 0.224 e. The van der Waals surface area contributed by atoms with Crippen LogP contribution in [-0.2, 0) is 0 Å². The van der Waals surface area contributed by atoms with E-state index in [0.29, 0.717) is 6.04 Å². The fourth-order valence-corrected chi connectivity index (χ4v) is 1.45. The molecule has 0 fully saturated rings. The van der Waals surface area contributed by atoms with Crippen molar-refractivity contribution in [1.82, 2.24) is 9.97 Å². The van der Waals surface area contributed by atoms with Crippen molar-refractivity contribution in [2.75, 3.05) is 17.2 Å². The van der Waals surface area contributed by atoms with Crippen LogP contribution in [0.25, 0.3) is 0 Å². The average Bonchev–Trinajstić information content (AvgIpc) is 2.35. The third-order valence-corrected chi connectivity index (χ3v) is 2.73. The minimum Gasteiger partial charge on any atom is -0.367 e. The van der Waals surface area contributed by atoms with Crippen LogP contribution in [0.1, 0.15) is 46.5 Å². The molecule has 0 amide bonds. The summed E-state index contributed by atoms with van der Waals surface area (Å²) in [6.07, 6.45) is 6.53. The van der Waals surface area contributed by atoms with Crippen molar-refractivity contribution in [3.63, 3.8) is 0 Å². The molecule has 0 aliphatic carbocycles. The third-order valence-electron chi connectivity index (χ3n) is 2.73. The van der Waals surface area contributed by atoms with Crippen LogP contribution in [-0.4, -0.2) is 22.6 Å². The lowest BCUT2D eigenvalue weighted by molar-refractivity contribution is 0.739. The molecule has 0 saturated carbocycles. The maximum Gasteiger partial charge on any atom is 0.224 e. The molecule has 4 nitrogen and oxygen atoms in total. The summed E-state index contributed by atoms with van der Waals surface area (Å²) in [6.45, 7) is 7.45. The van der Waals surface area contributed by atoms with Crippen LogP contribution in [0.4, 0.5) is 11.8 Å². The van der Waals surface area contributed by atoms with Gasteiger partial charge in [0.05, 0.1) is 0 Å². The SMILES string of the molecule is CCCCCNc1nccc(NC(C)CC)n1. The van der Waals surface area contributed by atoms with Crippen molar-refractivity contribution >= 4 is 11.8 Å². The van der Waals surface area contributed by atoms with Crippen LogP contribution in [0.15, 0.2) is 12.3 Å². The molecule has 96 valence electrons. The average molecular weight is 236 g/mol. The summed E-state index contributed by atoms with van der Waals surface area (Å²) in [5.41, 5.74) is 0. The zero-order valence-electron chi connectivity index (χ0n) is 11.2. The van der Waals surface area contributed by atoms with Crippen molar-refractivity contribution in [3.8, 4) is 0 Å². The van der Waals surface area contributed by atoms with Crippen molar-refractivity contribution < 1.29 is 0 Å². The first-order chi connectivity index (χ1) is 8.26. The number of nitrogens with one attached hydrogen (secondary N) is 2. The molecule has 1 rings (SSSR count). The molecule has 0 saturated heterocycles. The van der Waals surface area contributed by atoms with Gasteiger partial charge in [-0.2, -0.15) is 4.98 Å². The Morgan fingerprint density at radius 3 is 2.82 bits per heavy atom. The quantitative estimate of drug-likeness (QED) is 0.680. The molecule has 0 bridgehead atoms. The first-order valence-electron chi connectivity index (χ1n) is 6.59. The van der Waals surface area contributed by atoms with Gasteiger partial charge in [0.1, 0.15) is 5.82 Å². The van der Waals surface area contributed by atoms with E-state index in [9.17, 15) is 0 Å². The molecule has 0 aliphatic heterocycles. The first-order valence-corrected chi connectivity index (χ1v) is 6.59. The normalized spacial score (nSPS) is 12.2. The van der Waals surface area contributed by atoms with Crippen LogP contribution in [0.3, 0.4) is 0 Å². The van der Waals surface area contributed by atoms with Gasteiger partial charge in [0.15, 0.2) is 0 Å². The Bertz CT molecular complexity index is 314. The Kier molecular flexibility index (Phi) is 6.37. The van der Waals surface area contributed by atoms with Gasteiger partial charge >= 0.3 is 0 Å². The van der Waals surface area contributed by atoms with Crippen molar-refractivity contribution in [3.05, 3.63) is 12.3 Å². The second-order valence-corrected chi connectivity index (χ2v) is 4.35. The lowest BCUT2D eigenvalue weighted by Crippen LogP contribution is -2.15. The maximum atomic E-state index is 4.42. The highest BCUT2D eigenvalue weighted by Crippen LogP contribution is 2.08. The fraction of sp³-hybridized carbons (Fsp3) is 0.692. The molecule has 17 heavy (non-hydrogen) atoms. The van der Waals surface area contributed by atoms with Gasteiger partial charge in [-0.3, -0.25) is 0 Å². The summed E-state index contributed by atoms with van der Waals surface area (Å²) in [7, 11) is 0. The van der Waals surface area contributed by atoms with Gasteiger partial charge in [-0.05, 0) is 25.8 Å². The standard InChI is InChI=1S/C13H24N4/c1-4-6-7-9-14-13-15-10-8-12(17-13)16-11(3)5-2/h8,10-11H,4-7,9H2,1-3H3,(H2,14,15,16,17). The van der Waals surface area contributed by atoms with Gasteiger partial charge in [-0.15, -0.1) is 0 Å². The number of rotatable bonds is 8. The van der Waals surface area contributed by atoms with Crippen molar-refractivity contribution in [2.24, 2.45) is 0 Å². The summed E-state index contributed by atoms with van der Waals surface area (Å²) in [5, 5.41) is 6.59. The molecule has 0 aliphatic rings. The molecule has 2 N–H and O–H groups in total. The highest BCUT2D eigenvalue weighted by atomic mass is 15.1. The van der Waals surface area contributed by atoms with E-state index in [1.165, 1.54) is 19.3 Å². The molecule has 1 aromatic rings. The molecular weight excluding hydrogens is 212 g/mol. The van der Waals surface area contributed by atoms with E-state index in [-0.39, 0.29) is 0 Å². The number of anilines is 2. The molecular formula is C13H24N4. The number of hydrogen-bond donors (Lipinski definition) is 2. The molecule has 0 spiro atoms. The Labute approximate surface area is 104 Å². The largest absolute Gasteiger partial charge is 0.367 e. The number of aromatic nitrogens is 2. The molecule has 1 heterocycles. The van der Waals surface area contributed by atoms with Gasteiger partial charge < -0.3 is 10.6 Å². The highest BCUT2D eigenvalue weighted by molar-refractivity contribution is 5.40.